The van der Waals surface area contributed by atoms with Crippen molar-refractivity contribution in [2.45, 2.75) is 24.5 Å². The summed E-state index contributed by atoms with van der Waals surface area (Å²) in [6.07, 6.45) is 11.9. The van der Waals surface area contributed by atoms with Gasteiger partial charge in [-0.3, -0.25) is 4.79 Å². The lowest BCUT2D eigenvalue weighted by Gasteiger charge is -2.24. The molecule has 1 aliphatic carbocycles. The van der Waals surface area contributed by atoms with E-state index in [1.807, 2.05) is 46.3 Å². The molecule has 0 saturated carbocycles. The lowest BCUT2D eigenvalue weighted by molar-refractivity contribution is 0.0921. The van der Waals surface area contributed by atoms with Crippen LogP contribution in [-0.2, 0) is 6.42 Å². The van der Waals surface area contributed by atoms with Crippen molar-refractivity contribution >= 4 is 22.9 Å². The molecule has 0 aliphatic heterocycles. The molecule has 6 nitrogen and oxygen atoms in total. The van der Waals surface area contributed by atoms with Crippen molar-refractivity contribution in [3.8, 4) is 6.07 Å². The third-order valence-corrected chi connectivity index (χ3v) is 5.64. The Hall–Kier alpha value is -3.21. The van der Waals surface area contributed by atoms with Crippen LogP contribution in [0.15, 0.2) is 66.3 Å². The first-order valence-corrected chi connectivity index (χ1v) is 9.73. The molecule has 0 spiro atoms. The fourth-order valence-electron chi connectivity index (χ4n) is 3.30. The predicted molar refractivity (Wildman–Crippen MR) is 107 cm³/mol. The highest BCUT2D eigenvalue weighted by molar-refractivity contribution is 7.10. The number of amides is 1. The standard InChI is InChI=1S/C21H18N4O2S/c22-13-17(18-7-5-11-28-18)24-20(26)16-6-4-10-25-15(14-23-19(16)25)12-21(27)8-2-1-3-9-21/h1-8,10-11,14,17,27H,9,12H2,(H,24,26). The molecule has 140 valence electrons. The number of imidazole rings is 1. The van der Waals surface area contributed by atoms with Crippen LogP contribution in [0.4, 0.5) is 0 Å². The van der Waals surface area contributed by atoms with Crippen molar-refractivity contribution in [3.05, 3.63) is 82.5 Å². The molecule has 4 rings (SSSR count). The molecule has 2 atom stereocenters. The van der Waals surface area contributed by atoms with E-state index in [0.29, 0.717) is 24.1 Å². The first kappa shape index (κ1) is 18.2. The van der Waals surface area contributed by atoms with Crippen molar-refractivity contribution in [2.24, 2.45) is 0 Å². The number of nitriles is 1. The van der Waals surface area contributed by atoms with Gasteiger partial charge in [-0.2, -0.15) is 5.26 Å². The number of nitrogens with zero attached hydrogens (tertiary/aromatic N) is 3. The number of carbonyl (C=O) groups excluding carboxylic acids is 1. The van der Waals surface area contributed by atoms with Gasteiger partial charge in [0.2, 0.25) is 0 Å². The van der Waals surface area contributed by atoms with Gasteiger partial charge in [-0.05, 0) is 30.0 Å². The molecular weight excluding hydrogens is 372 g/mol. The summed E-state index contributed by atoms with van der Waals surface area (Å²) >= 11 is 1.42. The van der Waals surface area contributed by atoms with E-state index in [1.54, 1.807) is 24.4 Å². The molecule has 3 aromatic heterocycles. The summed E-state index contributed by atoms with van der Waals surface area (Å²) in [6, 6.07) is 8.53. The van der Waals surface area contributed by atoms with Crippen LogP contribution in [-0.4, -0.2) is 26.0 Å². The third-order valence-electron chi connectivity index (χ3n) is 4.70. The molecular formula is C21H18N4O2S. The maximum Gasteiger partial charge on any atom is 0.256 e. The molecule has 1 amide bonds. The van der Waals surface area contributed by atoms with Gasteiger partial charge in [0.1, 0.15) is 5.65 Å². The van der Waals surface area contributed by atoms with E-state index >= 15 is 0 Å². The topological polar surface area (TPSA) is 90.4 Å². The minimum absolute atomic E-state index is 0.359. The number of hydrogen-bond acceptors (Lipinski definition) is 5. The molecule has 7 heteroatoms. The maximum absolute atomic E-state index is 12.8. The van der Waals surface area contributed by atoms with Crippen LogP contribution in [0.1, 0.15) is 33.4 Å². The van der Waals surface area contributed by atoms with Gasteiger partial charge in [0, 0.05) is 29.4 Å². The Morgan fingerprint density at radius 2 is 2.32 bits per heavy atom. The van der Waals surface area contributed by atoms with Crippen LogP contribution in [0.25, 0.3) is 5.65 Å². The largest absolute Gasteiger partial charge is 0.385 e. The quantitative estimate of drug-likeness (QED) is 0.700. The zero-order valence-corrected chi connectivity index (χ0v) is 15.8. The molecule has 2 unspecified atom stereocenters. The Morgan fingerprint density at radius 1 is 1.43 bits per heavy atom. The fraction of sp³-hybridized carbons (Fsp3) is 0.190. The van der Waals surface area contributed by atoms with Crippen LogP contribution in [0.2, 0.25) is 0 Å². The van der Waals surface area contributed by atoms with Gasteiger partial charge in [-0.15, -0.1) is 11.3 Å². The Labute approximate surface area is 166 Å². The summed E-state index contributed by atoms with van der Waals surface area (Å²) in [7, 11) is 0. The van der Waals surface area contributed by atoms with Gasteiger partial charge in [-0.25, -0.2) is 4.98 Å². The first-order valence-electron chi connectivity index (χ1n) is 8.85. The summed E-state index contributed by atoms with van der Waals surface area (Å²) in [5, 5.41) is 24.8. The summed E-state index contributed by atoms with van der Waals surface area (Å²) in [4.78, 5) is 18.0. The summed E-state index contributed by atoms with van der Waals surface area (Å²) in [5.74, 6) is -0.359. The summed E-state index contributed by atoms with van der Waals surface area (Å²) in [6.45, 7) is 0. The lowest BCUT2D eigenvalue weighted by atomic mass is 9.90. The monoisotopic (exact) mass is 390 g/mol. The smallest absolute Gasteiger partial charge is 0.256 e. The Morgan fingerprint density at radius 3 is 3.04 bits per heavy atom. The summed E-state index contributed by atoms with van der Waals surface area (Å²) < 4.78 is 1.81. The number of rotatable bonds is 5. The fourth-order valence-corrected chi connectivity index (χ4v) is 4.02. The average Bonchev–Trinajstić information content (AvgIpc) is 3.37. The molecule has 28 heavy (non-hydrogen) atoms. The van der Waals surface area contributed by atoms with Gasteiger partial charge in [0.15, 0.2) is 6.04 Å². The number of carbonyl (C=O) groups is 1. The number of allylic oxidation sites excluding steroid dienone is 2. The molecule has 0 saturated heterocycles. The van der Waals surface area contributed by atoms with E-state index in [9.17, 15) is 15.2 Å². The van der Waals surface area contributed by atoms with Crippen molar-refractivity contribution < 1.29 is 9.90 Å². The van der Waals surface area contributed by atoms with E-state index in [4.69, 9.17) is 0 Å². The summed E-state index contributed by atoms with van der Waals surface area (Å²) in [5.41, 5.74) is 0.726. The molecule has 3 aromatic rings. The van der Waals surface area contributed by atoms with Crippen LogP contribution < -0.4 is 5.32 Å². The van der Waals surface area contributed by atoms with Crippen molar-refractivity contribution in [2.75, 3.05) is 0 Å². The maximum atomic E-state index is 12.8. The van der Waals surface area contributed by atoms with Crippen LogP contribution in [0, 0.1) is 11.3 Å². The lowest BCUT2D eigenvalue weighted by Crippen LogP contribution is -2.30. The van der Waals surface area contributed by atoms with Crippen LogP contribution >= 0.6 is 11.3 Å². The van der Waals surface area contributed by atoms with E-state index < -0.39 is 11.6 Å². The number of hydrogen-bond donors (Lipinski definition) is 2. The van der Waals surface area contributed by atoms with Gasteiger partial charge in [0.25, 0.3) is 5.91 Å². The Kier molecular flexibility index (Phi) is 4.82. The Bertz CT molecular complexity index is 1110. The van der Waals surface area contributed by atoms with Crippen LogP contribution in [0.5, 0.6) is 0 Å². The predicted octanol–water partition coefficient (Wildman–Crippen LogP) is 3.18. The van der Waals surface area contributed by atoms with E-state index in [-0.39, 0.29) is 5.91 Å². The van der Waals surface area contributed by atoms with E-state index in [0.717, 1.165) is 10.6 Å². The molecule has 0 fully saturated rings. The molecule has 1 aliphatic rings. The van der Waals surface area contributed by atoms with Crippen molar-refractivity contribution in [3.63, 3.8) is 0 Å². The number of fused-ring (bicyclic) bond motifs is 1. The van der Waals surface area contributed by atoms with E-state index in [1.165, 1.54) is 11.3 Å². The number of aliphatic hydroxyl groups is 1. The number of thiophene rings is 1. The minimum Gasteiger partial charge on any atom is -0.385 e. The normalized spacial score (nSPS) is 19.4. The molecule has 2 N–H and O–H groups in total. The van der Waals surface area contributed by atoms with E-state index in [2.05, 4.69) is 16.4 Å². The zero-order chi connectivity index (χ0) is 19.6. The Balaban J connectivity index is 1.61. The average molecular weight is 390 g/mol. The van der Waals surface area contributed by atoms with Crippen molar-refractivity contribution in [1.82, 2.24) is 14.7 Å². The van der Waals surface area contributed by atoms with Gasteiger partial charge in [-0.1, -0.05) is 30.4 Å². The second kappa shape index (κ2) is 7.43. The van der Waals surface area contributed by atoms with Gasteiger partial charge < -0.3 is 14.8 Å². The number of nitrogens with one attached hydrogen (secondary N) is 1. The third kappa shape index (κ3) is 3.48. The highest BCUT2D eigenvalue weighted by Gasteiger charge is 2.26. The molecule has 0 aromatic carbocycles. The highest BCUT2D eigenvalue weighted by Crippen LogP contribution is 2.24. The number of aromatic nitrogens is 2. The second-order valence-electron chi connectivity index (χ2n) is 6.69. The minimum atomic E-state index is -0.964. The molecule has 0 radical (unpaired) electrons. The highest BCUT2D eigenvalue weighted by atomic mass is 32.1. The SMILES string of the molecule is N#CC(NC(=O)c1cccn2c(CC3(O)C=CC=CC3)cnc12)c1cccs1. The second-order valence-corrected chi connectivity index (χ2v) is 7.67. The number of pyridine rings is 1. The molecule has 3 heterocycles. The van der Waals surface area contributed by atoms with Gasteiger partial charge >= 0.3 is 0 Å². The van der Waals surface area contributed by atoms with Crippen molar-refractivity contribution in [1.29, 1.82) is 5.26 Å². The molecule has 0 bridgehead atoms. The van der Waals surface area contributed by atoms with Gasteiger partial charge in [0.05, 0.1) is 17.2 Å². The zero-order valence-electron chi connectivity index (χ0n) is 14.9. The van der Waals surface area contributed by atoms with Crippen LogP contribution in [0.3, 0.4) is 0 Å². The first-order chi connectivity index (χ1) is 13.6.